The molecule has 0 aliphatic heterocycles. The summed E-state index contributed by atoms with van der Waals surface area (Å²) in [5.41, 5.74) is 23.2. The lowest BCUT2D eigenvalue weighted by Gasteiger charge is -2.31. The minimum absolute atomic E-state index is 0.625. The first-order valence-electron chi connectivity index (χ1n) is 26.5. The van der Waals surface area contributed by atoms with Crippen molar-refractivity contribution in [3.8, 4) is 39.1 Å². The van der Waals surface area contributed by atoms with Crippen LogP contribution in [0.3, 0.4) is 0 Å². The van der Waals surface area contributed by atoms with Gasteiger partial charge in [0.05, 0.1) is 21.8 Å². The molecule has 2 heterocycles. The van der Waals surface area contributed by atoms with Crippen molar-refractivity contribution in [2.75, 3.05) is 9.80 Å². The van der Waals surface area contributed by atoms with Crippen LogP contribution in [-0.2, 0) is 5.41 Å². The SMILES string of the molecule is c1ccc(N(c2ccccc2)c2cc(-c3ccc4c(c3)C3(c5ccccc5-4)c4ccccc4-c4c3ccc3c4oc4c3ccc3c4c4ccccc4n3-c3ccccc3)cc(N(c3ccccc3)c3ccccc3)c2)cc1. The molecule has 2 aliphatic rings. The lowest BCUT2D eigenvalue weighted by Crippen LogP contribution is -2.25. The Morgan fingerprint density at radius 3 is 1.42 bits per heavy atom. The van der Waals surface area contributed by atoms with E-state index >= 15 is 0 Å². The van der Waals surface area contributed by atoms with Gasteiger partial charge in [-0.1, -0.05) is 182 Å². The van der Waals surface area contributed by atoms with Crippen molar-refractivity contribution in [3.63, 3.8) is 0 Å². The first kappa shape index (κ1) is 43.3. The fourth-order valence-electron chi connectivity index (χ4n) is 13.2. The lowest BCUT2D eigenvalue weighted by atomic mass is 9.70. The monoisotopic (exact) mass is 981 g/mol. The molecule has 0 radical (unpaired) electrons. The Morgan fingerprint density at radius 2 is 0.792 bits per heavy atom. The highest BCUT2D eigenvalue weighted by Gasteiger charge is 2.52. The van der Waals surface area contributed by atoms with Gasteiger partial charge in [0.2, 0.25) is 0 Å². The van der Waals surface area contributed by atoms with E-state index < -0.39 is 5.41 Å². The summed E-state index contributed by atoms with van der Waals surface area (Å²) in [6.45, 7) is 0. The van der Waals surface area contributed by atoms with Crippen LogP contribution >= 0.6 is 0 Å². The number of fused-ring (bicyclic) bond motifs is 18. The summed E-state index contributed by atoms with van der Waals surface area (Å²) in [6, 6.07) is 104. The predicted octanol–water partition coefficient (Wildman–Crippen LogP) is 19.6. The molecule has 2 aromatic heterocycles. The topological polar surface area (TPSA) is 24.6 Å². The van der Waals surface area contributed by atoms with Gasteiger partial charge in [0.1, 0.15) is 11.2 Å². The average molecular weight is 982 g/mol. The highest BCUT2D eigenvalue weighted by Crippen LogP contribution is 2.65. The van der Waals surface area contributed by atoms with E-state index in [0.29, 0.717) is 0 Å². The number of furan rings is 1. The second-order valence-corrected chi connectivity index (χ2v) is 20.3. The summed E-state index contributed by atoms with van der Waals surface area (Å²) in [7, 11) is 0. The first-order valence-corrected chi connectivity index (χ1v) is 26.5. The van der Waals surface area contributed by atoms with E-state index in [4.69, 9.17) is 4.42 Å². The highest BCUT2D eigenvalue weighted by atomic mass is 16.3. The zero-order valence-electron chi connectivity index (χ0n) is 41.9. The average Bonchev–Trinajstić information content (AvgIpc) is 4.18. The number of aromatic nitrogens is 1. The van der Waals surface area contributed by atoms with Gasteiger partial charge in [0.15, 0.2) is 0 Å². The van der Waals surface area contributed by atoms with E-state index in [-0.39, 0.29) is 0 Å². The number of hydrogen-bond donors (Lipinski definition) is 0. The molecule has 0 bridgehead atoms. The number of hydrogen-bond acceptors (Lipinski definition) is 3. The van der Waals surface area contributed by atoms with Gasteiger partial charge >= 0.3 is 0 Å². The van der Waals surface area contributed by atoms with Crippen molar-refractivity contribution in [1.29, 1.82) is 0 Å². The normalized spacial score (nSPS) is 14.0. The molecule has 4 nitrogen and oxygen atoms in total. The van der Waals surface area contributed by atoms with Crippen LogP contribution in [0.15, 0.2) is 290 Å². The second kappa shape index (κ2) is 16.9. The van der Waals surface area contributed by atoms with Gasteiger partial charge in [-0.3, -0.25) is 0 Å². The maximum Gasteiger partial charge on any atom is 0.145 e. The summed E-state index contributed by atoms with van der Waals surface area (Å²) in [6.07, 6.45) is 0. The van der Waals surface area contributed by atoms with Crippen molar-refractivity contribution in [3.05, 3.63) is 307 Å². The lowest BCUT2D eigenvalue weighted by molar-refractivity contribution is 0.673. The molecular formula is C73H47N3O. The van der Waals surface area contributed by atoms with Gasteiger partial charge in [-0.2, -0.15) is 0 Å². The molecule has 2 aliphatic carbocycles. The molecule has 1 unspecified atom stereocenters. The summed E-state index contributed by atoms with van der Waals surface area (Å²) in [4.78, 5) is 4.75. The highest BCUT2D eigenvalue weighted by molar-refractivity contribution is 6.25. The van der Waals surface area contributed by atoms with Crippen LogP contribution < -0.4 is 9.80 Å². The quantitative estimate of drug-likeness (QED) is 0.152. The van der Waals surface area contributed by atoms with Crippen molar-refractivity contribution in [2.45, 2.75) is 5.41 Å². The molecule has 360 valence electrons. The van der Waals surface area contributed by atoms with Gasteiger partial charge in [-0.05, 0) is 153 Å². The van der Waals surface area contributed by atoms with Gasteiger partial charge < -0.3 is 18.8 Å². The third kappa shape index (κ3) is 6.33. The molecule has 0 fully saturated rings. The Hall–Kier alpha value is -10.2. The maximum absolute atomic E-state index is 7.49. The van der Waals surface area contributed by atoms with Gasteiger partial charge in [0, 0.05) is 61.5 Å². The standard InChI is InChI=1S/C73H47N3O/c1-6-22-50(23-7-1)74(51-24-8-2-9-25-51)55-44-49(45-56(47-55)75(52-26-10-3-11-27-52)53-28-12-4-13-29-53)48-38-39-58-57-32-16-19-35-63(57)73(66(58)46-48)64-36-20-17-33-61(64)69-65(73)42-40-59-60-41-43-68-70(72(60)77-71(59)69)62-34-18-21-37-67(62)76(68)54-30-14-5-15-31-54/h1-47H. The third-order valence-electron chi connectivity index (χ3n) is 16.3. The molecule has 4 heteroatoms. The van der Waals surface area contributed by atoms with Gasteiger partial charge in [0.25, 0.3) is 0 Å². The van der Waals surface area contributed by atoms with Crippen molar-refractivity contribution in [1.82, 2.24) is 4.57 Å². The van der Waals surface area contributed by atoms with Crippen molar-refractivity contribution < 1.29 is 4.42 Å². The van der Waals surface area contributed by atoms with Crippen LogP contribution in [-0.4, -0.2) is 4.57 Å². The Balaban J connectivity index is 0.950. The van der Waals surface area contributed by atoms with Crippen molar-refractivity contribution >= 4 is 77.9 Å². The fraction of sp³-hybridized carbons (Fsp3) is 0.0137. The number of anilines is 6. The molecule has 1 atom stereocenters. The van der Waals surface area contributed by atoms with E-state index in [9.17, 15) is 0 Å². The Kier molecular flexibility index (Phi) is 9.52. The third-order valence-corrected chi connectivity index (χ3v) is 16.3. The predicted molar refractivity (Wildman–Crippen MR) is 319 cm³/mol. The first-order chi connectivity index (χ1) is 38.2. The summed E-state index contributed by atoms with van der Waals surface area (Å²) < 4.78 is 9.86. The largest absolute Gasteiger partial charge is 0.455 e. The zero-order chi connectivity index (χ0) is 50.6. The van der Waals surface area contributed by atoms with E-state index in [2.05, 4.69) is 299 Å². The molecule has 77 heavy (non-hydrogen) atoms. The summed E-state index contributed by atoms with van der Waals surface area (Å²) in [5.74, 6) is 0. The van der Waals surface area contributed by atoms with E-state index in [1.165, 1.54) is 44.3 Å². The zero-order valence-corrected chi connectivity index (χ0v) is 41.9. The minimum Gasteiger partial charge on any atom is -0.455 e. The number of nitrogens with zero attached hydrogens (tertiary/aromatic N) is 3. The van der Waals surface area contributed by atoms with E-state index in [0.717, 1.165) is 94.9 Å². The Bertz CT molecular complexity index is 4440. The molecule has 14 aromatic rings. The maximum atomic E-state index is 7.49. The molecule has 12 aromatic carbocycles. The van der Waals surface area contributed by atoms with Crippen LogP contribution in [0.1, 0.15) is 22.3 Å². The smallest absolute Gasteiger partial charge is 0.145 e. The molecule has 0 N–H and O–H groups in total. The Morgan fingerprint density at radius 1 is 0.299 bits per heavy atom. The summed E-state index contributed by atoms with van der Waals surface area (Å²) >= 11 is 0. The molecule has 1 spiro atoms. The second-order valence-electron chi connectivity index (χ2n) is 20.3. The molecular weight excluding hydrogens is 935 g/mol. The van der Waals surface area contributed by atoms with Crippen molar-refractivity contribution in [2.24, 2.45) is 0 Å². The number of rotatable bonds is 8. The Labute approximate surface area is 446 Å². The van der Waals surface area contributed by atoms with Crippen LogP contribution in [0.2, 0.25) is 0 Å². The molecule has 0 amide bonds. The van der Waals surface area contributed by atoms with E-state index in [1.54, 1.807) is 0 Å². The van der Waals surface area contributed by atoms with E-state index in [1.807, 2.05) is 0 Å². The summed E-state index contributed by atoms with van der Waals surface area (Å²) in [5, 5.41) is 4.55. The van der Waals surface area contributed by atoms with Crippen LogP contribution in [0.5, 0.6) is 0 Å². The fourth-order valence-corrected chi connectivity index (χ4v) is 13.2. The van der Waals surface area contributed by atoms with Crippen LogP contribution in [0.25, 0.3) is 82.8 Å². The van der Waals surface area contributed by atoms with Gasteiger partial charge in [-0.15, -0.1) is 0 Å². The van der Waals surface area contributed by atoms with Crippen LogP contribution in [0.4, 0.5) is 34.1 Å². The molecule has 16 rings (SSSR count). The molecule has 0 saturated carbocycles. The minimum atomic E-state index is -0.625. The number of benzene rings is 12. The number of para-hydroxylation sites is 6. The van der Waals surface area contributed by atoms with Crippen LogP contribution in [0, 0.1) is 0 Å². The molecule has 0 saturated heterocycles. The van der Waals surface area contributed by atoms with Gasteiger partial charge in [-0.25, -0.2) is 0 Å².